The number of aromatic nitrogens is 3. The summed E-state index contributed by atoms with van der Waals surface area (Å²) in [6.07, 6.45) is 1.76. The van der Waals surface area contributed by atoms with Crippen LogP contribution in [0.25, 0.3) is 5.65 Å². The van der Waals surface area contributed by atoms with Gasteiger partial charge in [0.2, 0.25) is 0 Å². The van der Waals surface area contributed by atoms with Crippen LogP contribution in [0, 0.1) is 0 Å². The number of hydrogen-bond donors (Lipinski definition) is 0. The molecule has 0 bridgehead atoms. The molecule has 2 aromatic rings. The topological polar surface area (TPSA) is 45.8 Å². The highest BCUT2D eigenvalue weighted by Gasteiger charge is 2.14. The second-order valence-electron chi connectivity index (χ2n) is 5.08. The van der Waals surface area contributed by atoms with Gasteiger partial charge in [0.05, 0.1) is 6.54 Å². The zero-order chi connectivity index (χ0) is 13.2. The Kier molecular flexibility index (Phi) is 3.35. The van der Waals surface area contributed by atoms with Crippen LogP contribution in [0.1, 0.15) is 0 Å². The molecule has 0 spiro atoms. The van der Waals surface area contributed by atoms with Crippen molar-refractivity contribution in [2.45, 2.75) is 6.54 Å². The molecule has 102 valence electrons. The van der Waals surface area contributed by atoms with Crippen molar-refractivity contribution in [2.75, 3.05) is 39.8 Å². The Morgan fingerprint density at radius 3 is 2.68 bits per heavy atom. The van der Waals surface area contributed by atoms with E-state index in [1.807, 2.05) is 18.2 Å². The van der Waals surface area contributed by atoms with E-state index in [-0.39, 0.29) is 5.69 Å². The van der Waals surface area contributed by atoms with Gasteiger partial charge in [-0.1, -0.05) is 6.07 Å². The third kappa shape index (κ3) is 2.54. The summed E-state index contributed by atoms with van der Waals surface area (Å²) < 4.78 is 3.15. The van der Waals surface area contributed by atoms with Gasteiger partial charge < -0.3 is 4.90 Å². The first-order valence-corrected chi connectivity index (χ1v) is 6.69. The van der Waals surface area contributed by atoms with Gasteiger partial charge in [-0.25, -0.2) is 9.48 Å². The van der Waals surface area contributed by atoms with Crippen molar-refractivity contribution in [3.8, 4) is 0 Å². The van der Waals surface area contributed by atoms with Crippen LogP contribution in [0.3, 0.4) is 0 Å². The molecule has 0 radical (unpaired) electrons. The molecule has 0 atom stereocenters. The Balaban J connectivity index is 1.69. The molecule has 0 N–H and O–H groups in total. The molecular formula is C13H19N5O. The van der Waals surface area contributed by atoms with Crippen LogP contribution in [0.15, 0.2) is 29.2 Å². The first kappa shape index (κ1) is 12.4. The third-order valence-corrected chi connectivity index (χ3v) is 3.71. The summed E-state index contributed by atoms with van der Waals surface area (Å²) in [7, 11) is 2.14. The standard InChI is InChI=1S/C13H19N5O/c1-15-6-8-16(9-7-15)10-11-18-13(19)17-5-3-2-4-12(17)14-18/h2-5H,6-11H2,1H3. The largest absolute Gasteiger partial charge is 0.350 e. The van der Waals surface area contributed by atoms with Crippen molar-refractivity contribution < 1.29 is 0 Å². The number of likely N-dealkylation sites (N-methyl/N-ethyl adjacent to an activating group) is 1. The molecule has 0 saturated carbocycles. The quantitative estimate of drug-likeness (QED) is 0.764. The summed E-state index contributed by atoms with van der Waals surface area (Å²) in [5, 5.41) is 4.34. The van der Waals surface area contributed by atoms with Gasteiger partial charge in [0.15, 0.2) is 5.65 Å². The molecule has 6 nitrogen and oxygen atoms in total. The van der Waals surface area contributed by atoms with Gasteiger partial charge in [-0.3, -0.25) is 9.30 Å². The molecule has 1 aliphatic rings. The molecule has 2 aromatic heterocycles. The van der Waals surface area contributed by atoms with E-state index in [9.17, 15) is 4.79 Å². The predicted octanol–water partition coefficient (Wildman–Crippen LogP) is -0.257. The van der Waals surface area contributed by atoms with E-state index in [0.29, 0.717) is 12.2 Å². The molecule has 1 fully saturated rings. The molecule has 0 aromatic carbocycles. The van der Waals surface area contributed by atoms with E-state index in [0.717, 1.165) is 32.7 Å². The minimum Gasteiger partial charge on any atom is -0.304 e. The van der Waals surface area contributed by atoms with Gasteiger partial charge in [0.25, 0.3) is 0 Å². The summed E-state index contributed by atoms with van der Waals surface area (Å²) in [5.74, 6) is 0. The van der Waals surface area contributed by atoms with Crippen LogP contribution in [-0.2, 0) is 6.54 Å². The van der Waals surface area contributed by atoms with E-state index >= 15 is 0 Å². The Hall–Kier alpha value is -1.66. The van der Waals surface area contributed by atoms with E-state index in [1.165, 1.54) is 0 Å². The molecule has 19 heavy (non-hydrogen) atoms. The Bertz CT molecular complexity index is 609. The van der Waals surface area contributed by atoms with Crippen molar-refractivity contribution in [1.29, 1.82) is 0 Å². The van der Waals surface area contributed by atoms with E-state index in [4.69, 9.17) is 0 Å². The van der Waals surface area contributed by atoms with Crippen molar-refractivity contribution in [2.24, 2.45) is 0 Å². The molecule has 1 aliphatic heterocycles. The maximum absolute atomic E-state index is 12.1. The van der Waals surface area contributed by atoms with Crippen molar-refractivity contribution in [3.63, 3.8) is 0 Å². The lowest BCUT2D eigenvalue weighted by Gasteiger charge is -2.32. The Morgan fingerprint density at radius 1 is 1.16 bits per heavy atom. The minimum atomic E-state index is -0.0512. The molecule has 3 rings (SSSR count). The van der Waals surface area contributed by atoms with Crippen LogP contribution < -0.4 is 5.69 Å². The number of hydrogen-bond acceptors (Lipinski definition) is 4. The average molecular weight is 261 g/mol. The number of nitrogens with zero attached hydrogens (tertiary/aromatic N) is 5. The first-order valence-electron chi connectivity index (χ1n) is 6.69. The molecule has 3 heterocycles. The third-order valence-electron chi connectivity index (χ3n) is 3.71. The summed E-state index contributed by atoms with van der Waals surface area (Å²) in [5.41, 5.74) is 0.663. The number of fused-ring (bicyclic) bond motifs is 1. The number of rotatable bonds is 3. The van der Waals surface area contributed by atoms with Crippen molar-refractivity contribution in [1.82, 2.24) is 24.0 Å². The predicted molar refractivity (Wildman–Crippen MR) is 73.4 cm³/mol. The van der Waals surface area contributed by atoms with Gasteiger partial charge in [-0.2, -0.15) is 0 Å². The van der Waals surface area contributed by atoms with Crippen molar-refractivity contribution >= 4 is 5.65 Å². The fourth-order valence-electron chi connectivity index (χ4n) is 2.42. The smallest absolute Gasteiger partial charge is 0.304 e. The summed E-state index contributed by atoms with van der Waals surface area (Å²) >= 11 is 0. The number of piperazine rings is 1. The lowest BCUT2D eigenvalue weighted by atomic mass is 10.3. The van der Waals surface area contributed by atoms with Gasteiger partial charge in [-0.15, -0.1) is 5.10 Å². The second kappa shape index (κ2) is 5.14. The van der Waals surface area contributed by atoms with E-state index < -0.39 is 0 Å². The molecule has 6 heteroatoms. The molecule has 0 aliphatic carbocycles. The lowest BCUT2D eigenvalue weighted by molar-refractivity contribution is 0.148. The summed E-state index contributed by atoms with van der Waals surface area (Å²) in [6, 6.07) is 5.60. The highest BCUT2D eigenvalue weighted by molar-refractivity contribution is 5.35. The maximum Gasteiger partial charge on any atom is 0.350 e. The van der Waals surface area contributed by atoms with Gasteiger partial charge >= 0.3 is 5.69 Å². The summed E-state index contributed by atoms with van der Waals surface area (Å²) in [6.45, 7) is 5.87. The Labute approximate surface area is 111 Å². The van der Waals surface area contributed by atoms with Crippen LogP contribution in [0.5, 0.6) is 0 Å². The van der Waals surface area contributed by atoms with Crippen LogP contribution in [0.4, 0.5) is 0 Å². The first-order chi connectivity index (χ1) is 9.24. The zero-order valence-electron chi connectivity index (χ0n) is 11.2. The number of pyridine rings is 1. The zero-order valence-corrected chi connectivity index (χ0v) is 11.2. The van der Waals surface area contributed by atoms with Crippen LogP contribution in [0.2, 0.25) is 0 Å². The SMILES string of the molecule is CN1CCN(CCn2nc3ccccn3c2=O)CC1. The fourth-order valence-corrected chi connectivity index (χ4v) is 2.42. The van der Waals surface area contributed by atoms with E-state index in [2.05, 4.69) is 21.9 Å². The maximum atomic E-state index is 12.1. The second-order valence-corrected chi connectivity index (χ2v) is 5.08. The highest BCUT2D eigenvalue weighted by atomic mass is 16.2. The van der Waals surface area contributed by atoms with Crippen LogP contribution in [-0.4, -0.2) is 63.8 Å². The molecular weight excluding hydrogens is 242 g/mol. The average Bonchev–Trinajstić information content (AvgIpc) is 2.76. The monoisotopic (exact) mass is 261 g/mol. The van der Waals surface area contributed by atoms with Gasteiger partial charge in [-0.05, 0) is 19.2 Å². The normalized spacial score (nSPS) is 18.2. The van der Waals surface area contributed by atoms with Crippen molar-refractivity contribution in [3.05, 3.63) is 34.9 Å². The highest BCUT2D eigenvalue weighted by Crippen LogP contribution is 2.00. The van der Waals surface area contributed by atoms with Crippen LogP contribution >= 0.6 is 0 Å². The molecule has 0 amide bonds. The molecule has 1 saturated heterocycles. The van der Waals surface area contributed by atoms with E-state index in [1.54, 1.807) is 15.3 Å². The lowest BCUT2D eigenvalue weighted by Crippen LogP contribution is -2.45. The summed E-state index contributed by atoms with van der Waals surface area (Å²) in [4.78, 5) is 16.8. The van der Waals surface area contributed by atoms with Gasteiger partial charge in [0, 0.05) is 38.9 Å². The van der Waals surface area contributed by atoms with Gasteiger partial charge in [0.1, 0.15) is 0 Å². The molecule has 0 unspecified atom stereocenters. The minimum absolute atomic E-state index is 0.0512. The Morgan fingerprint density at radius 2 is 1.95 bits per heavy atom. The fraction of sp³-hybridized carbons (Fsp3) is 0.538.